The van der Waals surface area contributed by atoms with E-state index in [0.717, 1.165) is 14.9 Å². The summed E-state index contributed by atoms with van der Waals surface area (Å²) in [4.78, 5) is 0. The second kappa shape index (κ2) is 3.38. The van der Waals surface area contributed by atoms with Gasteiger partial charge in [0, 0.05) is 0 Å². The zero-order valence-corrected chi connectivity index (χ0v) is 8.48. The highest BCUT2D eigenvalue weighted by molar-refractivity contribution is 14.1. The van der Waals surface area contributed by atoms with Gasteiger partial charge in [-0.15, -0.1) is 0 Å². The molecule has 1 nitrogen and oxygen atoms in total. The lowest BCUT2D eigenvalue weighted by atomic mass is 10.2. The van der Waals surface area contributed by atoms with Crippen molar-refractivity contribution in [2.24, 2.45) is 0 Å². The standard InChI is InChI=1S/C8H8FIO/c1-5-3-6(9)4-7(10)8(5)11-2/h3-4H,1-2H3. The fraction of sp³-hybridized carbons (Fsp3) is 0.250. The maximum atomic E-state index is 12.7. The Hall–Kier alpha value is -0.320. The van der Waals surface area contributed by atoms with Crippen LogP contribution >= 0.6 is 22.6 Å². The summed E-state index contributed by atoms with van der Waals surface area (Å²) in [6.45, 7) is 1.82. The third kappa shape index (κ3) is 1.83. The van der Waals surface area contributed by atoms with Gasteiger partial charge in [0.05, 0.1) is 10.7 Å². The molecule has 1 aromatic rings. The molecule has 11 heavy (non-hydrogen) atoms. The molecule has 0 aliphatic carbocycles. The van der Waals surface area contributed by atoms with Crippen LogP contribution < -0.4 is 4.74 Å². The van der Waals surface area contributed by atoms with Gasteiger partial charge in [-0.25, -0.2) is 4.39 Å². The van der Waals surface area contributed by atoms with Gasteiger partial charge in [-0.3, -0.25) is 0 Å². The number of halogens is 2. The SMILES string of the molecule is COc1c(C)cc(F)cc1I. The van der Waals surface area contributed by atoms with Crippen molar-refractivity contribution in [2.75, 3.05) is 7.11 Å². The normalized spacial score (nSPS) is 9.82. The Balaban J connectivity index is 3.25. The van der Waals surface area contributed by atoms with Gasteiger partial charge in [0.15, 0.2) is 0 Å². The van der Waals surface area contributed by atoms with Crippen LogP contribution in [0.4, 0.5) is 4.39 Å². The third-order valence-electron chi connectivity index (χ3n) is 1.40. The van der Waals surface area contributed by atoms with Crippen molar-refractivity contribution in [1.29, 1.82) is 0 Å². The molecule has 0 heterocycles. The van der Waals surface area contributed by atoms with E-state index in [0.29, 0.717) is 0 Å². The second-order valence-corrected chi connectivity index (χ2v) is 3.40. The molecular weight excluding hydrogens is 258 g/mol. The van der Waals surface area contributed by atoms with E-state index in [1.807, 2.05) is 29.5 Å². The summed E-state index contributed by atoms with van der Waals surface area (Å²) in [5.41, 5.74) is 0.830. The number of methoxy groups -OCH3 is 1. The number of hydrogen-bond donors (Lipinski definition) is 0. The molecular formula is C8H8FIO. The predicted octanol–water partition coefficient (Wildman–Crippen LogP) is 2.75. The quantitative estimate of drug-likeness (QED) is 0.710. The van der Waals surface area contributed by atoms with Crippen molar-refractivity contribution in [2.45, 2.75) is 6.92 Å². The predicted molar refractivity (Wildman–Crippen MR) is 50.4 cm³/mol. The minimum Gasteiger partial charge on any atom is -0.495 e. The van der Waals surface area contributed by atoms with Crippen LogP contribution in [0.1, 0.15) is 5.56 Å². The molecule has 0 atom stereocenters. The summed E-state index contributed by atoms with van der Waals surface area (Å²) in [6, 6.07) is 2.91. The maximum Gasteiger partial charge on any atom is 0.135 e. The minimum atomic E-state index is -0.215. The third-order valence-corrected chi connectivity index (χ3v) is 2.20. The Labute approximate surface area is 78.7 Å². The van der Waals surface area contributed by atoms with E-state index in [9.17, 15) is 4.39 Å². The summed E-state index contributed by atoms with van der Waals surface area (Å²) in [6.07, 6.45) is 0. The molecule has 0 saturated heterocycles. The van der Waals surface area contributed by atoms with E-state index in [1.54, 1.807) is 7.11 Å². The number of aryl methyl sites for hydroxylation is 1. The lowest BCUT2D eigenvalue weighted by molar-refractivity contribution is 0.407. The Bertz CT molecular complexity index is 250. The molecule has 0 unspecified atom stereocenters. The van der Waals surface area contributed by atoms with Crippen molar-refractivity contribution in [1.82, 2.24) is 0 Å². The van der Waals surface area contributed by atoms with Crippen LogP contribution in [0.2, 0.25) is 0 Å². The van der Waals surface area contributed by atoms with Gasteiger partial charge in [-0.1, -0.05) is 0 Å². The summed E-state index contributed by atoms with van der Waals surface area (Å²) in [5, 5.41) is 0. The fourth-order valence-corrected chi connectivity index (χ4v) is 1.89. The molecule has 0 spiro atoms. The van der Waals surface area contributed by atoms with Crippen molar-refractivity contribution in [3.8, 4) is 5.75 Å². The van der Waals surface area contributed by atoms with Gasteiger partial charge < -0.3 is 4.74 Å². The van der Waals surface area contributed by atoms with E-state index >= 15 is 0 Å². The zero-order valence-electron chi connectivity index (χ0n) is 6.32. The van der Waals surface area contributed by atoms with E-state index in [4.69, 9.17) is 4.74 Å². The maximum absolute atomic E-state index is 12.7. The number of rotatable bonds is 1. The van der Waals surface area contributed by atoms with Gasteiger partial charge in [-0.2, -0.15) is 0 Å². The van der Waals surface area contributed by atoms with E-state index < -0.39 is 0 Å². The van der Waals surface area contributed by atoms with Crippen molar-refractivity contribution >= 4 is 22.6 Å². The highest BCUT2D eigenvalue weighted by atomic mass is 127. The molecule has 0 aliphatic heterocycles. The molecule has 60 valence electrons. The molecule has 0 amide bonds. The molecule has 1 aromatic carbocycles. The Morgan fingerprint density at radius 3 is 2.55 bits per heavy atom. The zero-order chi connectivity index (χ0) is 8.43. The van der Waals surface area contributed by atoms with Gasteiger partial charge in [-0.05, 0) is 47.2 Å². The molecule has 0 aliphatic rings. The van der Waals surface area contributed by atoms with Crippen LogP contribution in [0.15, 0.2) is 12.1 Å². The second-order valence-electron chi connectivity index (χ2n) is 2.24. The molecule has 0 aromatic heterocycles. The molecule has 0 fully saturated rings. The topological polar surface area (TPSA) is 9.23 Å². The van der Waals surface area contributed by atoms with E-state index in [-0.39, 0.29) is 5.82 Å². The lowest BCUT2D eigenvalue weighted by Crippen LogP contribution is -1.91. The molecule has 3 heteroatoms. The van der Waals surface area contributed by atoms with Crippen LogP contribution in [0.5, 0.6) is 5.75 Å². The Morgan fingerprint density at radius 1 is 1.45 bits per heavy atom. The summed E-state index contributed by atoms with van der Waals surface area (Å²) < 4.78 is 18.5. The van der Waals surface area contributed by atoms with Gasteiger partial charge in [0.1, 0.15) is 11.6 Å². The number of hydrogen-bond acceptors (Lipinski definition) is 1. The Morgan fingerprint density at radius 2 is 2.09 bits per heavy atom. The molecule has 0 N–H and O–H groups in total. The first-order chi connectivity index (χ1) is 5.15. The average molecular weight is 266 g/mol. The molecule has 0 bridgehead atoms. The van der Waals surface area contributed by atoms with Gasteiger partial charge >= 0.3 is 0 Å². The number of ether oxygens (including phenoxy) is 1. The first kappa shape index (κ1) is 8.77. The van der Waals surface area contributed by atoms with Gasteiger partial charge in [0.25, 0.3) is 0 Å². The first-order valence-electron chi connectivity index (χ1n) is 3.15. The molecule has 0 saturated carbocycles. The molecule has 1 rings (SSSR count). The van der Waals surface area contributed by atoms with E-state index in [1.165, 1.54) is 12.1 Å². The summed E-state index contributed by atoms with van der Waals surface area (Å²) in [7, 11) is 1.59. The van der Waals surface area contributed by atoms with E-state index in [2.05, 4.69) is 0 Å². The van der Waals surface area contributed by atoms with Crippen molar-refractivity contribution in [3.05, 3.63) is 27.1 Å². The average Bonchev–Trinajstić information content (AvgIpc) is 1.85. The summed E-state index contributed by atoms with van der Waals surface area (Å²) >= 11 is 2.05. The smallest absolute Gasteiger partial charge is 0.135 e. The highest BCUT2D eigenvalue weighted by Crippen LogP contribution is 2.25. The van der Waals surface area contributed by atoms with Crippen LogP contribution in [-0.4, -0.2) is 7.11 Å². The first-order valence-corrected chi connectivity index (χ1v) is 4.22. The van der Waals surface area contributed by atoms with Crippen LogP contribution in [0.3, 0.4) is 0 Å². The van der Waals surface area contributed by atoms with Gasteiger partial charge in [0.2, 0.25) is 0 Å². The summed E-state index contributed by atoms with van der Waals surface area (Å²) in [5.74, 6) is 0.541. The van der Waals surface area contributed by atoms with Crippen LogP contribution in [0.25, 0.3) is 0 Å². The monoisotopic (exact) mass is 266 g/mol. The molecule has 0 radical (unpaired) electrons. The van der Waals surface area contributed by atoms with Crippen LogP contribution in [-0.2, 0) is 0 Å². The van der Waals surface area contributed by atoms with Crippen LogP contribution in [0, 0.1) is 16.3 Å². The highest BCUT2D eigenvalue weighted by Gasteiger charge is 2.04. The largest absolute Gasteiger partial charge is 0.495 e. The number of benzene rings is 1. The lowest BCUT2D eigenvalue weighted by Gasteiger charge is -2.06. The van der Waals surface area contributed by atoms with Crippen molar-refractivity contribution in [3.63, 3.8) is 0 Å². The minimum absolute atomic E-state index is 0.215. The van der Waals surface area contributed by atoms with Crippen molar-refractivity contribution < 1.29 is 9.13 Å². The Kier molecular flexibility index (Phi) is 2.70. The fourth-order valence-electron chi connectivity index (χ4n) is 0.948.